The highest BCUT2D eigenvalue weighted by Crippen LogP contribution is 2.20. The minimum Gasteiger partial charge on any atom is -0.290 e. The first-order valence-electron chi connectivity index (χ1n) is 6.13. The van der Waals surface area contributed by atoms with Crippen LogP contribution in [-0.4, -0.2) is 34.3 Å². The van der Waals surface area contributed by atoms with Gasteiger partial charge in [0, 0.05) is 37.3 Å². The molecule has 8 heteroatoms. The standard InChI is InChI=1S/C13H11N7.ClH/c1-19-6-9(5-16-19)11-4-13-17-12(7-20(13)8-14-11)10-2-3-15-18-10;/h2-8H,1H3,(H,15,18);1H. The molecule has 21 heavy (non-hydrogen) atoms. The maximum atomic E-state index is 4.56. The van der Waals surface area contributed by atoms with Gasteiger partial charge in [0.15, 0.2) is 0 Å². The number of nitrogens with zero attached hydrogens (tertiary/aromatic N) is 6. The molecule has 0 aromatic carbocycles. The first-order chi connectivity index (χ1) is 9.79. The number of aryl methyl sites for hydroxylation is 1. The normalized spacial score (nSPS) is 10.7. The van der Waals surface area contributed by atoms with Crippen LogP contribution in [-0.2, 0) is 7.05 Å². The van der Waals surface area contributed by atoms with E-state index >= 15 is 0 Å². The zero-order chi connectivity index (χ0) is 13.5. The van der Waals surface area contributed by atoms with Gasteiger partial charge in [-0.3, -0.25) is 14.2 Å². The minimum atomic E-state index is 0. The number of nitrogens with one attached hydrogen (secondary N) is 1. The Bertz CT molecular complexity index is 875. The average molecular weight is 302 g/mol. The Labute approximate surface area is 126 Å². The van der Waals surface area contributed by atoms with Crippen LogP contribution >= 0.6 is 12.4 Å². The van der Waals surface area contributed by atoms with Gasteiger partial charge in [-0.25, -0.2) is 9.97 Å². The van der Waals surface area contributed by atoms with E-state index < -0.39 is 0 Å². The number of aromatic nitrogens is 7. The second-order valence-electron chi connectivity index (χ2n) is 4.53. The van der Waals surface area contributed by atoms with Crippen LogP contribution in [0.15, 0.2) is 43.2 Å². The molecule has 4 heterocycles. The van der Waals surface area contributed by atoms with Gasteiger partial charge in [0.25, 0.3) is 0 Å². The Hall–Kier alpha value is -2.67. The van der Waals surface area contributed by atoms with E-state index in [1.54, 1.807) is 23.4 Å². The van der Waals surface area contributed by atoms with Crippen molar-refractivity contribution in [3.05, 3.63) is 43.2 Å². The largest absolute Gasteiger partial charge is 0.290 e. The zero-order valence-corrected chi connectivity index (χ0v) is 11.9. The van der Waals surface area contributed by atoms with Crippen molar-refractivity contribution in [3.8, 4) is 22.6 Å². The van der Waals surface area contributed by atoms with Gasteiger partial charge >= 0.3 is 0 Å². The second-order valence-corrected chi connectivity index (χ2v) is 4.53. The van der Waals surface area contributed by atoms with Crippen molar-refractivity contribution in [1.29, 1.82) is 0 Å². The van der Waals surface area contributed by atoms with Crippen molar-refractivity contribution in [1.82, 2.24) is 34.3 Å². The topological polar surface area (TPSA) is 76.7 Å². The van der Waals surface area contributed by atoms with Gasteiger partial charge in [0.05, 0.1) is 11.9 Å². The van der Waals surface area contributed by atoms with Crippen molar-refractivity contribution in [2.75, 3.05) is 0 Å². The number of H-pyrrole nitrogens is 1. The molecule has 0 aliphatic heterocycles. The van der Waals surface area contributed by atoms with Gasteiger partial charge in [0.2, 0.25) is 0 Å². The molecule has 0 saturated heterocycles. The molecule has 0 aliphatic rings. The van der Waals surface area contributed by atoms with Gasteiger partial charge in [-0.2, -0.15) is 10.2 Å². The Balaban J connectivity index is 0.00000132. The molecule has 0 unspecified atom stereocenters. The summed E-state index contributed by atoms with van der Waals surface area (Å²) in [6, 6.07) is 3.82. The van der Waals surface area contributed by atoms with Crippen molar-refractivity contribution in [2.24, 2.45) is 7.05 Å². The summed E-state index contributed by atoms with van der Waals surface area (Å²) >= 11 is 0. The van der Waals surface area contributed by atoms with Crippen molar-refractivity contribution < 1.29 is 0 Å². The van der Waals surface area contributed by atoms with E-state index in [2.05, 4.69) is 25.3 Å². The summed E-state index contributed by atoms with van der Waals surface area (Å²) in [5.74, 6) is 0. The first kappa shape index (κ1) is 13.3. The van der Waals surface area contributed by atoms with Crippen molar-refractivity contribution >= 4 is 18.1 Å². The molecule has 0 fully saturated rings. The van der Waals surface area contributed by atoms with Crippen LogP contribution in [0, 0.1) is 0 Å². The third kappa shape index (κ3) is 2.27. The summed E-state index contributed by atoms with van der Waals surface area (Å²) in [7, 11) is 1.88. The SMILES string of the molecule is Cl.Cn1cc(-c2cc3nc(-c4cc[nH]n4)cn3cn2)cn1. The van der Waals surface area contributed by atoms with Gasteiger partial charge in [-0.05, 0) is 6.07 Å². The Morgan fingerprint density at radius 3 is 2.76 bits per heavy atom. The molecule has 1 N–H and O–H groups in total. The van der Waals surface area contributed by atoms with Crippen LogP contribution in [0.25, 0.3) is 28.3 Å². The van der Waals surface area contributed by atoms with Crippen LogP contribution in [0.5, 0.6) is 0 Å². The van der Waals surface area contributed by atoms with Crippen LogP contribution in [0.4, 0.5) is 0 Å². The van der Waals surface area contributed by atoms with E-state index in [1.807, 2.05) is 36.0 Å². The van der Waals surface area contributed by atoms with Crippen molar-refractivity contribution in [2.45, 2.75) is 0 Å². The molecule has 0 spiro atoms. The molecule has 106 valence electrons. The summed E-state index contributed by atoms with van der Waals surface area (Å²) < 4.78 is 3.63. The van der Waals surface area contributed by atoms with E-state index in [0.717, 1.165) is 28.3 Å². The maximum Gasteiger partial charge on any atom is 0.140 e. The third-order valence-corrected chi connectivity index (χ3v) is 3.11. The predicted molar refractivity (Wildman–Crippen MR) is 80.0 cm³/mol. The lowest BCUT2D eigenvalue weighted by Gasteiger charge is -1.96. The summed E-state index contributed by atoms with van der Waals surface area (Å²) in [6.07, 6.45) is 9.15. The number of fused-ring (bicyclic) bond motifs is 1. The summed E-state index contributed by atoms with van der Waals surface area (Å²) in [5, 5.41) is 11.1. The number of imidazole rings is 1. The number of halogens is 1. The number of rotatable bonds is 2. The van der Waals surface area contributed by atoms with Crippen molar-refractivity contribution in [3.63, 3.8) is 0 Å². The molecule has 0 bridgehead atoms. The van der Waals surface area contributed by atoms with Gasteiger partial charge in [0.1, 0.15) is 23.4 Å². The van der Waals surface area contributed by atoms with Crippen LogP contribution in [0.2, 0.25) is 0 Å². The molecule has 0 aliphatic carbocycles. The fourth-order valence-corrected chi connectivity index (χ4v) is 2.13. The molecule has 0 radical (unpaired) electrons. The van der Waals surface area contributed by atoms with Gasteiger partial charge < -0.3 is 0 Å². The van der Waals surface area contributed by atoms with E-state index in [-0.39, 0.29) is 12.4 Å². The maximum absolute atomic E-state index is 4.56. The summed E-state index contributed by atoms with van der Waals surface area (Å²) in [6.45, 7) is 0. The Morgan fingerprint density at radius 1 is 1.14 bits per heavy atom. The fourth-order valence-electron chi connectivity index (χ4n) is 2.13. The molecule has 7 nitrogen and oxygen atoms in total. The highest BCUT2D eigenvalue weighted by Gasteiger charge is 2.08. The number of hydrogen-bond acceptors (Lipinski definition) is 4. The second kappa shape index (κ2) is 5.02. The quantitative estimate of drug-likeness (QED) is 0.614. The highest BCUT2D eigenvalue weighted by molar-refractivity contribution is 5.85. The lowest BCUT2D eigenvalue weighted by atomic mass is 10.2. The Kier molecular flexibility index (Phi) is 3.19. The lowest BCUT2D eigenvalue weighted by molar-refractivity contribution is 0.768. The summed E-state index contributed by atoms with van der Waals surface area (Å²) in [4.78, 5) is 8.99. The predicted octanol–water partition coefficient (Wildman–Crippen LogP) is 1.94. The number of hydrogen-bond donors (Lipinski definition) is 1. The monoisotopic (exact) mass is 301 g/mol. The minimum absolute atomic E-state index is 0. The smallest absolute Gasteiger partial charge is 0.140 e. The number of aromatic amines is 1. The molecule has 0 amide bonds. The molecule has 4 rings (SSSR count). The molecule has 4 aromatic heterocycles. The Morgan fingerprint density at radius 2 is 2.05 bits per heavy atom. The van der Waals surface area contributed by atoms with Crippen LogP contribution in [0.3, 0.4) is 0 Å². The fraction of sp³-hybridized carbons (Fsp3) is 0.0769. The zero-order valence-electron chi connectivity index (χ0n) is 11.1. The molecular formula is C13H12ClN7. The van der Waals surface area contributed by atoms with Crippen LogP contribution in [0.1, 0.15) is 0 Å². The average Bonchev–Trinajstić information content (AvgIpc) is 3.17. The molecule has 4 aromatic rings. The molecule has 0 saturated carbocycles. The van der Waals surface area contributed by atoms with E-state index in [0.29, 0.717) is 0 Å². The van der Waals surface area contributed by atoms with E-state index in [9.17, 15) is 0 Å². The van der Waals surface area contributed by atoms with E-state index in [4.69, 9.17) is 0 Å². The lowest BCUT2D eigenvalue weighted by Crippen LogP contribution is -1.88. The first-order valence-corrected chi connectivity index (χ1v) is 6.13. The highest BCUT2D eigenvalue weighted by atomic mass is 35.5. The van der Waals surface area contributed by atoms with Gasteiger partial charge in [-0.15, -0.1) is 12.4 Å². The molecule has 0 atom stereocenters. The summed E-state index contributed by atoms with van der Waals surface area (Å²) in [5.41, 5.74) is 4.29. The van der Waals surface area contributed by atoms with Crippen LogP contribution < -0.4 is 0 Å². The van der Waals surface area contributed by atoms with Gasteiger partial charge in [-0.1, -0.05) is 0 Å². The molecular weight excluding hydrogens is 290 g/mol. The van der Waals surface area contributed by atoms with E-state index in [1.165, 1.54) is 0 Å². The third-order valence-electron chi connectivity index (χ3n) is 3.11.